The summed E-state index contributed by atoms with van der Waals surface area (Å²) in [6, 6.07) is 22.1. The van der Waals surface area contributed by atoms with E-state index in [0.717, 1.165) is 22.4 Å². The number of hydrogen-bond acceptors (Lipinski definition) is 1. The average molecular weight is 303 g/mol. The minimum atomic E-state index is -1.43. The van der Waals surface area contributed by atoms with Crippen LogP contribution in [0.3, 0.4) is 0 Å². The Morgan fingerprint density at radius 3 is 2.26 bits per heavy atom. The molecular formula is C22H23N. The number of pyridine rings is 1. The molecule has 0 radical (unpaired) electrons. The smallest absolute Gasteiger partial charge is 0.0704 e. The van der Waals surface area contributed by atoms with Gasteiger partial charge in [-0.1, -0.05) is 69.3 Å². The molecular weight excluding hydrogens is 278 g/mol. The molecule has 0 bridgehead atoms. The van der Waals surface area contributed by atoms with Crippen LogP contribution in [0.1, 0.15) is 29.1 Å². The monoisotopic (exact) mass is 303 g/mol. The third-order valence-corrected chi connectivity index (χ3v) is 3.54. The number of nitrogens with zero attached hydrogens (tertiary/aromatic N) is 1. The van der Waals surface area contributed by atoms with Crippen molar-refractivity contribution in [2.75, 3.05) is 0 Å². The molecule has 0 spiro atoms. The highest BCUT2D eigenvalue weighted by Gasteiger charge is 2.12. The standard InChI is InChI=1S/C22H23N/c1-22(2,3)16-17-12-13-23-21(14-17)20-11-7-10-19(15-20)18-8-5-4-6-9-18/h4-15H,16H2,1-3H3/i16D2. The largest absolute Gasteiger partial charge is 0.256 e. The molecule has 1 nitrogen and oxygen atoms in total. The van der Waals surface area contributed by atoms with Crippen LogP contribution in [-0.4, -0.2) is 4.98 Å². The third kappa shape index (κ3) is 4.07. The van der Waals surface area contributed by atoms with Gasteiger partial charge in [-0.3, -0.25) is 4.98 Å². The van der Waals surface area contributed by atoms with Crippen LogP contribution < -0.4 is 0 Å². The molecule has 0 unspecified atom stereocenters. The van der Waals surface area contributed by atoms with Crippen LogP contribution in [-0.2, 0) is 6.37 Å². The van der Waals surface area contributed by atoms with Gasteiger partial charge in [0.1, 0.15) is 0 Å². The molecule has 0 aliphatic carbocycles. The lowest BCUT2D eigenvalue weighted by Gasteiger charge is -2.18. The van der Waals surface area contributed by atoms with Gasteiger partial charge in [0.15, 0.2) is 0 Å². The summed E-state index contributed by atoms with van der Waals surface area (Å²) in [5, 5.41) is 0. The molecule has 23 heavy (non-hydrogen) atoms. The van der Waals surface area contributed by atoms with Crippen molar-refractivity contribution in [3.8, 4) is 22.4 Å². The topological polar surface area (TPSA) is 12.9 Å². The van der Waals surface area contributed by atoms with Crippen LogP contribution in [0.25, 0.3) is 22.4 Å². The zero-order valence-corrected chi connectivity index (χ0v) is 13.9. The van der Waals surface area contributed by atoms with E-state index < -0.39 is 11.8 Å². The Kier molecular flexibility index (Phi) is 3.62. The second kappa shape index (κ2) is 6.37. The van der Waals surface area contributed by atoms with E-state index in [-0.39, 0.29) is 0 Å². The molecule has 2 aromatic carbocycles. The molecule has 1 heteroatoms. The summed E-state index contributed by atoms with van der Waals surface area (Å²) in [6.45, 7) is 5.76. The van der Waals surface area contributed by atoms with E-state index in [1.807, 2.05) is 57.2 Å². The Labute approximate surface area is 141 Å². The van der Waals surface area contributed by atoms with Crippen LogP contribution in [0.4, 0.5) is 0 Å². The van der Waals surface area contributed by atoms with E-state index in [0.29, 0.717) is 5.56 Å². The van der Waals surface area contributed by atoms with E-state index >= 15 is 0 Å². The Balaban J connectivity index is 2.03. The first-order valence-electron chi connectivity index (χ1n) is 8.91. The maximum Gasteiger partial charge on any atom is 0.0704 e. The molecule has 0 amide bonds. The van der Waals surface area contributed by atoms with Gasteiger partial charge in [0.25, 0.3) is 0 Å². The van der Waals surface area contributed by atoms with Crippen LogP contribution in [0.5, 0.6) is 0 Å². The highest BCUT2D eigenvalue weighted by atomic mass is 14.7. The minimum Gasteiger partial charge on any atom is -0.256 e. The highest BCUT2D eigenvalue weighted by Crippen LogP contribution is 2.27. The zero-order chi connectivity index (χ0) is 18.1. The van der Waals surface area contributed by atoms with Crippen molar-refractivity contribution in [3.05, 3.63) is 78.5 Å². The van der Waals surface area contributed by atoms with Crippen LogP contribution in [0.15, 0.2) is 72.9 Å². The molecule has 0 N–H and O–H groups in total. The Hall–Kier alpha value is -2.41. The van der Waals surface area contributed by atoms with Gasteiger partial charge in [0.2, 0.25) is 0 Å². The lowest BCUT2D eigenvalue weighted by Crippen LogP contribution is -2.09. The fourth-order valence-corrected chi connectivity index (χ4v) is 2.59. The Morgan fingerprint density at radius 2 is 1.52 bits per heavy atom. The van der Waals surface area contributed by atoms with Gasteiger partial charge in [0, 0.05) is 14.5 Å². The van der Waals surface area contributed by atoms with Crippen molar-refractivity contribution in [3.63, 3.8) is 0 Å². The van der Waals surface area contributed by atoms with Gasteiger partial charge in [-0.25, -0.2) is 0 Å². The van der Waals surface area contributed by atoms with Gasteiger partial charge in [-0.05, 0) is 46.7 Å². The molecule has 1 aromatic heterocycles. The SMILES string of the molecule is [2H]C([2H])(c1ccnc(-c2cccc(-c3ccccc3)c2)c1)C(C)(C)C. The summed E-state index contributed by atoms with van der Waals surface area (Å²) in [5.41, 5.74) is 4.25. The van der Waals surface area contributed by atoms with Crippen LogP contribution in [0.2, 0.25) is 0 Å². The average Bonchev–Trinajstić information content (AvgIpc) is 2.62. The summed E-state index contributed by atoms with van der Waals surface area (Å²) in [4.78, 5) is 4.47. The quantitative estimate of drug-likeness (QED) is 0.578. The maximum absolute atomic E-state index is 8.49. The van der Waals surface area contributed by atoms with Gasteiger partial charge < -0.3 is 0 Å². The second-order valence-corrected chi connectivity index (χ2v) is 6.75. The zero-order valence-electron chi connectivity index (χ0n) is 15.9. The predicted molar refractivity (Wildman–Crippen MR) is 98.3 cm³/mol. The molecule has 3 aromatic rings. The number of hydrogen-bond donors (Lipinski definition) is 0. The summed E-state index contributed by atoms with van der Waals surface area (Å²) in [5.74, 6) is 0. The molecule has 0 atom stereocenters. The molecule has 116 valence electrons. The molecule has 0 fully saturated rings. The summed E-state index contributed by atoms with van der Waals surface area (Å²) in [6.07, 6.45) is 0.269. The van der Waals surface area contributed by atoms with Gasteiger partial charge in [-0.2, -0.15) is 0 Å². The van der Waals surface area contributed by atoms with Gasteiger partial charge >= 0.3 is 0 Å². The van der Waals surface area contributed by atoms with Gasteiger partial charge in [0.05, 0.1) is 5.69 Å². The lowest BCUT2D eigenvalue weighted by atomic mass is 9.88. The molecule has 0 saturated heterocycles. The normalized spacial score (nSPS) is 13.3. The molecule has 3 rings (SSSR count). The van der Waals surface area contributed by atoms with Crippen molar-refractivity contribution in [2.45, 2.75) is 27.1 Å². The third-order valence-electron chi connectivity index (χ3n) is 3.54. The summed E-state index contributed by atoms with van der Waals surface area (Å²) >= 11 is 0. The second-order valence-electron chi connectivity index (χ2n) is 6.75. The lowest BCUT2D eigenvalue weighted by molar-refractivity contribution is 0.411. The Bertz CT molecular complexity index is 864. The predicted octanol–water partition coefficient (Wildman–Crippen LogP) is 6.00. The first kappa shape index (κ1) is 13.1. The maximum atomic E-state index is 8.49. The van der Waals surface area contributed by atoms with E-state index in [9.17, 15) is 0 Å². The van der Waals surface area contributed by atoms with Crippen molar-refractivity contribution < 1.29 is 2.74 Å². The molecule has 0 aliphatic rings. The van der Waals surface area contributed by atoms with Gasteiger partial charge in [-0.15, -0.1) is 0 Å². The van der Waals surface area contributed by atoms with E-state index in [1.165, 1.54) is 0 Å². The molecule has 0 saturated carbocycles. The Morgan fingerprint density at radius 1 is 0.826 bits per heavy atom. The minimum absolute atomic E-state index is 0.489. The number of benzene rings is 2. The molecule has 0 aliphatic heterocycles. The fourth-order valence-electron chi connectivity index (χ4n) is 2.59. The van der Waals surface area contributed by atoms with E-state index in [1.54, 1.807) is 12.3 Å². The van der Waals surface area contributed by atoms with Crippen LogP contribution >= 0.6 is 0 Å². The van der Waals surface area contributed by atoms with Crippen LogP contribution in [0, 0.1) is 5.41 Å². The summed E-state index contributed by atoms with van der Waals surface area (Å²) in [7, 11) is 0. The fraction of sp³-hybridized carbons (Fsp3) is 0.227. The van der Waals surface area contributed by atoms with E-state index in [4.69, 9.17) is 2.74 Å². The van der Waals surface area contributed by atoms with Crippen molar-refractivity contribution in [2.24, 2.45) is 5.41 Å². The van der Waals surface area contributed by atoms with Crippen molar-refractivity contribution in [1.82, 2.24) is 4.98 Å². The van der Waals surface area contributed by atoms with E-state index in [2.05, 4.69) is 29.2 Å². The number of aromatic nitrogens is 1. The number of rotatable bonds is 3. The van der Waals surface area contributed by atoms with Crippen molar-refractivity contribution >= 4 is 0 Å². The first-order chi connectivity index (χ1) is 11.8. The first-order valence-corrected chi connectivity index (χ1v) is 7.91. The van der Waals surface area contributed by atoms with Crippen molar-refractivity contribution in [1.29, 1.82) is 0 Å². The highest BCUT2D eigenvalue weighted by molar-refractivity contribution is 5.71. The summed E-state index contributed by atoms with van der Waals surface area (Å²) < 4.78 is 17.0. The molecule has 1 heterocycles.